The predicted octanol–water partition coefficient (Wildman–Crippen LogP) is 1.19. The summed E-state index contributed by atoms with van der Waals surface area (Å²) in [6.45, 7) is 2.01. The SMILES string of the molecule is CCOC(=O)C1=C(Cl)C=C(Cl)NN1. The normalized spacial score (nSPS) is 15.8. The maximum atomic E-state index is 11.2. The van der Waals surface area contributed by atoms with E-state index in [4.69, 9.17) is 27.9 Å². The second-order valence-electron chi connectivity index (χ2n) is 2.19. The van der Waals surface area contributed by atoms with E-state index in [0.717, 1.165) is 0 Å². The van der Waals surface area contributed by atoms with Crippen LogP contribution in [-0.2, 0) is 9.53 Å². The van der Waals surface area contributed by atoms with E-state index in [9.17, 15) is 4.79 Å². The lowest BCUT2D eigenvalue weighted by Gasteiger charge is -2.16. The van der Waals surface area contributed by atoms with Crippen LogP contribution in [0.5, 0.6) is 0 Å². The van der Waals surface area contributed by atoms with Gasteiger partial charge in [-0.05, 0) is 13.0 Å². The molecule has 0 fully saturated rings. The summed E-state index contributed by atoms with van der Waals surface area (Å²) >= 11 is 11.3. The van der Waals surface area contributed by atoms with Gasteiger partial charge in [-0.25, -0.2) is 4.79 Å². The van der Waals surface area contributed by atoms with Gasteiger partial charge in [-0.3, -0.25) is 10.9 Å². The summed E-state index contributed by atoms with van der Waals surface area (Å²) in [5.41, 5.74) is 5.22. The molecule has 1 aliphatic rings. The minimum absolute atomic E-state index is 0.160. The number of esters is 1. The van der Waals surface area contributed by atoms with Crippen LogP contribution in [0.4, 0.5) is 0 Å². The molecule has 1 heterocycles. The van der Waals surface area contributed by atoms with Crippen molar-refractivity contribution in [2.24, 2.45) is 0 Å². The molecule has 0 atom stereocenters. The van der Waals surface area contributed by atoms with Gasteiger partial charge in [-0.2, -0.15) is 0 Å². The molecule has 0 unspecified atom stereocenters. The number of hydrazine groups is 1. The number of halogens is 2. The highest BCUT2D eigenvalue weighted by Crippen LogP contribution is 2.16. The van der Waals surface area contributed by atoms with Gasteiger partial charge in [-0.1, -0.05) is 23.2 Å². The van der Waals surface area contributed by atoms with Crippen molar-refractivity contribution in [2.45, 2.75) is 6.92 Å². The number of ether oxygens (including phenoxy) is 1. The molecule has 4 nitrogen and oxygen atoms in total. The largest absolute Gasteiger partial charge is 0.461 e. The Morgan fingerprint density at radius 1 is 1.54 bits per heavy atom. The van der Waals surface area contributed by atoms with E-state index >= 15 is 0 Å². The lowest BCUT2D eigenvalue weighted by atomic mass is 10.3. The first-order valence-electron chi connectivity index (χ1n) is 3.61. The van der Waals surface area contributed by atoms with Crippen LogP contribution in [-0.4, -0.2) is 12.6 Å². The van der Waals surface area contributed by atoms with Crippen LogP contribution in [0.25, 0.3) is 0 Å². The zero-order valence-corrected chi connectivity index (χ0v) is 8.37. The molecule has 0 amide bonds. The van der Waals surface area contributed by atoms with Crippen LogP contribution in [0.15, 0.2) is 22.0 Å². The average molecular weight is 223 g/mol. The molecule has 1 rings (SSSR count). The minimum Gasteiger partial charge on any atom is -0.461 e. The molecule has 0 saturated carbocycles. The Labute approximate surface area is 85.5 Å². The third kappa shape index (κ3) is 2.54. The first-order valence-corrected chi connectivity index (χ1v) is 4.37. The van der Waals surface area contributed by atoms with Gasteiger partial charge in [0.1, 0.15) is 5.16 Å². The summed E-state index contributed by atoms with van der Waals surface area (Å²) in [6, 6.07) is 0. The molecule has 6 heteroatoms. The Hall–Kier alpha value is -0.870. The summed E-state index contributed by atoms with van der Waals surface area (Å²) < 4.78 is 4.73. The number of carbonyl (C=O) groups is 1. The minimum atomic E-state index is -0.514. The van der Waals surface area contributed by atoms with Crippen molar-refractivity contribution >= 4 is 29.2 Å². The monoisotopic (exact) mass is 222 g/mol. The van der Waals surface area contributed by atoms with E-state index in [1.165, 1.54) is 6.08 Å². The number of rotatable bonds is 2. The Kier molecular flexibility index (Phi) is 3.45. The van der Waals surface area contributed by atoms with Crippen LogP contribution in [0.2, 0.25) is 0 Å². The van der Waals surface area contributed by atoms with Gasteiger partial charge in [0.2, 0.25) is 0 Å². The van der Waals surface area contributed by atoms with Gasteiger partial charge in [0.15, 0.2) is 5.70 Å². The van der Waals surface area contributed by atoms with Crippen molar-refractivity contribution in [3.8, 4) is 0 Å². The zero-order chi connectivity index (χ0) is 9.84. The molecule has 0 aromatic rings. The fraction of sp³-hybridized carbons (Fsp3) is 0.286. The highest BCUT2D eigenvalue weighted by Gasteiger charge is 2.17. The molecule has 0 aromatic carbocycles. The van der Waals surface area contributed by atoms with Gasteiger partial charge in [-0.15, -0.1) is 0 Å². The molecule has 2 N–H and O–H groups in total. The molecule has 13 heavy (non-hydrogen) atoms. The van der Waals surface area contributed by atoms with E-state index < -0.39 is 5.97 Å². The maximum absolute atomic E-state index is 11.2. The number of nitrogens with one attached hydrogen (secondary N) is 2. The van der Waals surface area contributed by atoms with Crippen LogP contribution in [0.3, 0.4) is 0 Å². The Morgan fingerprint density at radius 3 is 2.77 bits per heavy atom. The lowest BCUT2D eigenvalue weighted by molar-refractivity contribution is -0.139. The highest BCUT2D eigenvalue weighted by molar-refractivity contribution is 6.36. The molecular formula is C7H8Cl2N2O2. The first-order chi connectivity index (χ1) is 6.15. The van der Waals surface area contributed by atoms with Crippen molar-refractivity contribution in [1.29, 1.82) is 0 Å². The van der Waals surface area contributed by atoms with Crippen LogP contribution >= 0.6 is 23.2 Å². The molecule has 0 aromatic heterocycles. The zero-order valence-electron chi connectivity index (χ0n) is 6.86. The third-order valence-electron chi connectivity index (χ3n) is 1.28. The molecular weight excluding hydrogens is 215 g/mol. The molecule has 0 radical (unpaired) electrons. The summed E-state index contributed by atoms with van der Waals surface area (Å²) in [5.74, 6) is -0.514. The molecule has 1 aliphatic heterocycles. The van der Waals surface area contributed by atoms with Crippen molar-refractivity contribution < 1.29 is 9.53 Å². The van der Waals surface area contributed by atoms with Crippen LogP contribution in [0, 0.1) is 0 Å². The maximum Gasteiger partial charge on any atom is 0.357 e. The van der Waals surface area contributed by atoms with E-state index in [1.807, 2.05) is 0 Å². The van der Waals surface area contributed by atoms with Crippen LogP contribution in [0.1, 0.15) is 6.92 Å². The van der Waals surface area contributed by atoms with Crippen molar-refractivity contribution in [3.05, 3.63) is 22.0 Å². The summed E-state index contributed by atoms with van der Waals surface area (Å²) in [6.07, 6.45) is 1.42. The van der Waals surface area contributed by atoms with Crippen molar-refractivity contribution in [1.82, 2.24) is 10.9 Å². The fourth-order valence-corrected chi connectivity index (χ4v) is 1.20. The van der Waals surface area contributed by atoms with Crippen LogP contribution < -0.4 is 10.9 Å². The van der Waals surface area contributed by atoms with Gasteiger partial charge >= 0.3 is 5.97 Å². The Morgan fingerprint density at radius 2 is 2.23 bits per heavy atom. The standard InChI is InChI=1S/C7H8Cl2N2O2/c1-2-13-7(12)6-4(8)3-5(9)10-11-6/h3,10-11H,2H2,1H3. The summed E-state index contributed by atoms with van der Waals surface area (Å²) in [4.78, 5) is 11.2. The molecule has 0 aliphatic carbocycles. The number of hydrogen-bond acceptors (Lipinski definition) is 4. The molecule has 0 bridgehead atoms. The molecule has 0 saturated heterocycles. The second-order valence-corrected chi connectivity index (χ2v) is 3.00. The van der Waals surface area contributed by atoms with Gasteiger partial charge in [0, 0.05) is 0 Å². The Bertz CT molecular complexity index is 286. The average Bonchev–Trinajstić information content (AvgIpc) is 2.04. The van der Waals surface area contributed by atoms with Gasteiger partial charge in [0.25, 0.3) is 0 Å². The Balaban J connectivity index is 2.79. The van der Waals surface area contributed by atoms with E-state index in [-0.39, 0.29) is 10.7 Å². The highest BCUT2D eigenvalue weighted by atomic mass is 35.5. The van der Waals surface area contributed by atoms with E-state index in [0.29, 0.717) is 11.8 Å². The number of carbonyl (C=O) groups excluding carboxylic acids is 1. The number of hydrogen-bond donors (Lipinski definition) is 2. The molecule has 0 spiro atoms. The third-order valence-corrected chi connectivity index (χ3v) is 1.78. The topological polar surface area (TPSA) is 50.4 Å². The van der Waals surface area contributed by atoms with E-state index in [1.54, 1.807) is 6.92 Å². The second kappa shape index (κ2) is 4.39. The van der Waals surface area contributed by atoms with Gasteiger partial charge < -0.3 is 4.74 Å². The summed E-state index contributed by atoms with van der Waals surface area (Å²) in [5, 5.41) is 0.542. The van der Waals surface area contributed by atoms with Crippen molar-refractivity contribution in [2.75, 3.05) is 6.61 Å². The number of allylic oxidation sites excluding steroid dienone is 2. The lowest BCUT2D eigenvalue weighted by Crippen LogP contribution is -2.36. The van der Waals surface area contributed by atoms with E-state index in [2.05, 4.69) is 10.9 Å². The summed E-state index contributed by atoms with van der Waals surface area (Å²) in [7, 11) is 0. The van der Waals surface area contributed by atoms with Gasteiger partial charge in [0.05, 0.1) is 11.6 Å². The molecule has 72 valence electrons. The fourth-order valence-electron chi connectivity index (χ4n) is 0.753. The first kappa shape index (κ1) is 10.2. The van der Waals surface area contributed by atoms with Crippen molar-refractivity contribution in [3.63, 3.8) is 0 Å². The quantitative estimate of drug-likeness (QED) is 0.545. The predicted molar refractivity (Wildman–Crippen MR) is 49.7 cm³/mol. The smallest absolute Gasteiger partial charge is 0.357 e.